The van der Waals surface area contributed by atoms with Gasteiger partial charge in [-0.1, -0.05) is 29.0 Å². The number of nitrogens with zero attached hydrogens (tertiary/aromatic N) is 1. The summed E-state index contributed by atoms with van der Waals surface area (Å²) in [5, 5.41) is 7.00. The predicted molar refractivity (Wildman–Crippen MR) is 71.8 cm³/mol. The lowest BCUT2D eigenvalue weighted by Crippen LogP contribution is -2.35. The number of benzene rings is 1. The molecular formula is C11H12ClN3OS. The van der Waals surface area contributed by atoms with Crippen LogP contribution in [0.5, 0.6) is 0 Å². The SMILES string of the molecule is CNC(=O)C(C)Nc1nc2cccc(Cl)c2s1. The maximum Gasteiger partial charge on any atom is 0.242 e. The van der Waals surface area contributed by atoms with Crippen LogP contribution in [-0.4, -0.2) is 24.0 Å². The minimum Gasteiger partial charge on any atom is -0.357 e. The summed E-state index contributed by atoms with van der Waals surface area (Å²) in [6, 6.07) is 5.26. The third-order valence-corrected chi connectivity index (χ3v) is 3.81. The molecule has 6 heteroatoms. The lowest BCUT2D eigenvalue weighted by Gasteiger charge is -2.10. The Morgan fingerprint density at radius 1 is 1.53 bits per heavy atom. The second-order valence-corrected chi connectivity index (χ2v) is 4.99. The molecule has 1 atom stereocenters. The molecule has 0 saturated carbocycles. The summed E-state index contributed by atoms with van der Waals surface area (Å²) in [6.45, 7) is 1.78. The fourth-order valence-electron chi connectivity index (χ4n) is 1.44. The molecule has 1 aromatic heterocycles. The molecule has 1 amide bonds. The van der Waals surface area contributed by atoms with E-state index in [2.05, 4.69) is 15.6 Å². The number of carbonyl (C=O) groups is 1. The first-order valence-corrected chi connectivity index (χ1v) is 6.34. The van der Waals surface area contributed by atoms with Crippen LogP contribution in [0.3, 0.4) is 0 Å². The molecule has 1 heterocycles. The molecule has 0 radical (unpaired) electrons. The van der Waals surface area contributed by atoms with Crippen molar-refractivity contribution < 1.29 is 4.79 Å². The zero-order chi connectivity index (χ0) is 12.4. The smallest absolute Gasteiger partial charge is 0.242 e. The lowest BCUT2D eigenvalue weighted by molar-refractivity contribution is -0.121. The van der Waals surface area contributed by atoms with E-state index in [1.54, 1.807) is 14.0 Å². The van der Waals surface area contributed by atoms with Gasteiger partial charge >= 0.3 is 0 Å². The molecule has 0 aliphatic rings. The van der Waals surface area contributed by atoms with Crippen LogP contribution in [0.1, 0.15) is 6.92 Å². The number of thiazole rings is 1. The zero-order valence-corrected chi connectivity index (χ0v) is 11.0. The highest BCUT2D eigenvalue weighted by Crippen LogP contribution is 2.31. The number of hydrogen-bond donors (Lipinski definition) is 2. The van der Waals surface area contributed by atoms with E-state index < -0.39 is 0 Å². The molecule has 17 heavy (non-hydrogen) atoms. The van der Waals surface area contributed by atoms with Crippen molar-refractivity contribution in [2.45, 2.75) is 13.0 Å². The van der Waals surface area contributed by atoms with Crippen molar-refractivity contribution in [2.75, 3.05) is 12.4 Å². The Morgan fingerprint density at radius 2 is 2.29 bits per heavy atom. The van der Waals surface area contributed by atoms with Gasteiger partial charge in [-0.3, -0.25) is 4.79 Å². The van der Waals surface area contributed by atoms with Gasteiger partial charge < -0.3 is 10.6 Å². The highest BCUT2D eigenvalue weighted by molar-refractivity contribution is 7.22. The fraction of sp³-hybridized carbons (Fsp3) is 0.273. The number of fused-ring (bicyclic) bond motifs is 1. The number of hydrogen-bond acceptors (Lipinski definition) is 4. The topological polar surface area (TPSA) is 54.0 Å². The molecular weight excluding hydrogens is 258 g/mol. The molecule has 4 nitrogen and oxygen atoms in total. The Kier molecular flexibility index (Phi) is 3.49. The van der Waals surface area contributed by atoms with Crippen LogP contribution in [0, 0.1) is 0 Å². The molecule has 0 saturated heterocycles. The van der Waals surface area contributed by atoms with Gasteiger partial charge in [0.2, 0.25) is 5.91 Å². The molecule has 1 aromatic carbocycles. The van der Waals surface area contributed by atoms with Gasteiger partial charge in [-0.15, -0.1) is 0 Å². The maximum absolute atomic E-state index is 11.4. The minimum atomic E-state index is -0.320. The number of carbonyl (C=O) groups excluding carboxylic acids is 1. The second-order valence-electron chi connectivity index (χ2n) is 3.59. The van der Waals surface area contributed by atoms with Crippen molar-refractivity contribution in [1.82, 2.24) is 10.3 Å². The Bertz CT molecular complexity index is 555. The van der Waals surface area contributed by atoms with Gasteiger partial charge in [0.1, 0.15) is 6.04 Å². The number of aromatic nitrogens is 1. The molecule has 2 rings (SSSR count). The Hall–Kier alpha value is -1.33. The molecule has 0 aliphatic carbocycles. The third kappa shape index (κ3) is 2.50. The molecule has 90 valence electrons. The average molecular weight is 270 g/mol. The summed E-state index contributed by atoms with van der Waals surface area (Å²) in [7, 11) is 1.61. The van der Waals surface area contributed by atoms with Crippen molar-refractivity contribution in [2.24, 2.45) is 0 Å². The van der Waals surface area contributed by atoms with E-state index in [0.29, 0.717) is 10.2 Å². The zero-order valence-electron chi connectivity index (χ0n) is 9.45. The normalized spacial score (nSPS) is 12.4. The van der Waals surface area contributed by atoms with Crippen LogP contribution >= 0.6 is 22.9 Å². The second kappa shape index (κ2) is 4.89. The van der Waals surface area contributed by atoms with E-state index >= 15 is 0 Å². The van der Waals surface area contributed by atoms with Gasteiger partial charge in [-0.05, 0) is 19.1 Å². The Morgan fingerprint density at radius 3 is 2.94 bits per heavy atom. The van der Waals surface area contributed by atoms with Crippen molar-refractivity contribution in [1.29, 1.82) is 0 Å². The summed E-state index contributed by atoms with van der Waals surface area (Å²) in [6.07, 6.45) is 0. The Labute approximate surface area is 108 Å². The minimum absolute atomic E-state index is 0.0737. The van der Waals surface area contributed by atoms with E-state index in [1.807, 2.05) is 18.2 Å². The van der Waals surface area contributed by atoms with Gasteiger partial charge in [0.15, 0.2) is 5.13 Å². The average Bonchev–Trinajstić information content (AvgIpc) is 2.72. The third-order valence-electron chi connectivity index (χ3n) is 2.35. The quantitative estimate of drug-likeness (QED) is 0.900. The van der Waals surface area contributed by atoms with E-state index in [0.717, 1.165) is 10.2 Å². The van der Waals surface area contributed by atoms with Crippen LogP contribution in [0.15, 0.2) is 18.2 Å². The number of halogens is 1. The van der Waals surface area contributed by atoms with Gasteiger partial charge in [0, 0.05) is 7.05 Å². The molecule has 2 N–H and O–H groups in total. The van der Waals surface area contributed by atoms with E-state index in [4.69, 9.17) is 11.6 Å². The van der Waals surface area contributed by atoms with Crippen LogP contribution in [0.2, 0.25) is 5.02 Å². The van der Waals surface area contributed by atoms with E-state index in [9.17, 15) is 4.79 Å². The maximum atomic E-state index is 11.4. The summed E-state index contributed by atoms with van der Waals surface area (Å²) < 4.78 is 0.931. The van der Waals surface area contributed by atoms with Gasteiger partial charge in [0.05, 0.1) is 15.2 Å². The number of nitrogens with one attached hydrogen (secondary N) is 2. The standard InChI is InChI=1S/C11H12ClN3OS/c1-6(10(16)13-2)14-11-15-8-5-3-4-7(12)9(8)17-11/h3-6H,1-2H3,(H,13,16)(H,14,15). The fourth-order valence-corrected chi connectivity index (χ4v) is 2.69. The lowest BCUT2D eigenvalue weighted by atomic mass is 10.3. The number of anilines is 1. The first-order valence-electron chi connectivity index (χ1n) is 5.15. The van der Waals surface area contributed by atoms with Gasteiger partial charge in [-0.2, -0.15) is 0 Å². The first-order chi connectivity index (χ1) is 8.11. The van der Waals surface area contributed by atoms with Crippen LogP contribution < -0.4 is 10.6 Å². The molecule has 0 bridgehead atoms. The molecule has 2 aromatic rings. The molecule has 1 unspecified atom stereocenters. The predicted octanol–water partition coefficient (Wildman–Crippen LogP) is 2.50. The first kappa shape index (κ1) is 12.1. The van der Waals surface area contributed by atoms with Crippen LogP contribution in [0.25, 0.3) is 10.2 Å². The van der Waals surface area contributed by atoms with Crippen molar-refractivity contribution in [3.8, 4) is 0 Å². The van der Waals surface area contributed by atoms with Crippen molar-refractivity contribution in [3.63, 3.8) is 0 Å². The molecule has 0 aliphatic heterocycles. The largest absolute Gasteiger partial charge is 0.357 e. The van der Waals surface area contributed by atoms with E-state index in [1.165, 1.54) is 11.3 Å². The highest BCUT2D eigenvalue weighted by atomic mass is 35.5. The van der Waals surface area contributed by atoms with Gasteiger partial charge in [0.25, 0.3) is 0 Å². The van der Waals surface area contributed by atoms with Crippen LogP contribution in [-0.2, 0) is 4.79 Å². The number of likely N-dealkylation sites (N-methyl/N-ethyl adjacent to an activating group) is 1. The Balaban J connectivity index is 2.26. The summed E-state index contributed by atoms with van der Waals surface area (Å²) in [5.74, 6) is -0.0737. The highest BCUT2D eigenvalue weighted by Gasteiger charge is 2.13. The number of amides is 1. The summed E-state index contributed by atoms with van der Waals surface area (Å²) in [4.78, 5) is 15.7. The van der Waals surface area contributed by atoms with E-state index in [-0.39, 0.29) is 11.9 Å². The van der Waals surface area contributed by atoms with Crippen molar-refractivity contribution in [3.05, 3.63) is 23.2 Å². The summed E-state index contributed by atoms with van der Waals surface area (Å²) >= 11 is 7.51. The van der Waals surface area contributed by atoms with Crippen molar-refractivity contribution >= 4 is 44.2 Å². The molecule has 0 fully saturated rings. The monoisotopic (exact) mass is 269 g/mol. The van der Waals surface area contributed by atoms with Gasteiger partial charge in [-0.25, -0.2) is 4.98 Å². The molecule has 0 spiro atoms. The summed E-state index contributed by atoms with van der Waals surface area (Å²) in [5.41, 5.74) is 0.842. The van der Waals surface area contributed by atoms with Crippen LogP contribution in [0.4, 0.5) is 5.13 Å². The number of rotatable bonds is 3.